The van der Waals surface area contributed by atoms with Crippen molar-refractivity contribution in [2.45, 2.75) is 25.6 Å². The minimum absolute atomic E-state index is 0.0385. The molecule has 2 aromatic rings. The number of carboxylic acid groups (broad SMARTS) is 2. The van der Waals surface area contributed by atoms with Crippen LogP contribution >= 0.6 is 0 Å². The van der Waals surface area contributed by atoms with E-state index < -0.39 is 30.4 Å². The Morgan fingerprint density at radius 3 is 2.36 bits per heavy atom. The van der Waals surface area contributed by atoms with Crippen molar-refractivity contribution >= 4 is 17.9 Å². The monoisotopic (exact) mass is 387 g/mol. The summed E-state index contributed by atoms with van der Waals surface area (Å²) in [5, 5.41) is 20.6. The Kier molecular flexibility index (Phi) is 7.53. The first-order valence-electron chi connectivity index (χ1n) is 8.46. The molecule has 0 aliphatic heterocycles. The summed E-state index contributed by atoms with van der Waals surface area (Å²) in [4.78, 5) is 33.9. The SMILES string of the molecule is COC(=O)c1cc(CNC(CC(=O)O)C(=O)O)cc(OCc2ccccc2)c1. The first-order valence-corrected chi connectivity index (χ1v) is 8.46. The van der Waals surface area contributed by atoms with E-state index in [1.807, 2.05) is 30.3 Å². The molecule has 0 bridgehead atoms. The molecule has 2 rings (SSSR count). The Hall–Kier alpha value is -3.39. The standard InChI is InChI=1S/C20H21NO7/c1-27-20(26)15-7-14(11-21-17(19(24)25)10-18(22)23)8-16(9-15)28-12-13-5-3-2-4-6-13/h2-9,17,21H,10-12H2,1H3,(H,22,23)(H,24,25). The molecule has 1 atom stereocenters. The number of benzene rings is 2. The third kappa shape index (κ3) is 6.40. The summed E-state index contributed by atoms with van der Waals surface area (Å²) < 4.78 is 10.5. The molecule has 0 amide bonds. The zero-order chi connectivity index (χ0) is 20.5. The van der Waals surface area contributed by atoms with Crippen LogP contribution in [0.3, 0.4) is 0 Å². The Bertz CT molecular complexity index is 836. The first kappa shape index (κ1) is 20.9. The number of rotatable bonds is 10. The molecule has 3 N–H and O–H groups in total. The molecular formula is C20H21NO7. The molecule has 0 fully saturated rings. The van der Waals surface area contributed by atoms with Crippen LogP contribution in [-0.2, 0) is 27.5 Å². The molecule has 1 unspecified atom stereocenters. The summed E-state index contributed by atoms with van der Waals surface area (Å²) in [6.07, 6.45) is -0.566. The summed E-state index contributed by atoms with van der Waals surface area (Å²) in [6, 6.07) is 12.9. The van der Waals surface area contributed by atoms with E-state index in [-0.39, 0.29) is 18.7 Å². The zero-order valence-corrected chi connectivity index (χ0v) is 15.3. The van der Waals surface area contributed by atoms with Crippen LogP contribution in [0.1, 0.15) is 27.9 Å². The summed E-state index contributed by atoms with van der Waals surface area (Å²) in [5.74, 6) is -2.65. The van der Waals surface area contributed by atoms with Crippen LogP contribution in [0, 0.1) is 0 Å². The predicted octanol–water partition coefficient (Wildman–Crippen LogP) is 2.07. The number of nitrogens with one attached hydrogen (secondary N) is 1. The summed E-state index contributed by atoms with van der Waals surface area (Å²) in [7, 11) is 1.26. The second-order valence-corrected chi connectivity index (χ2v) is 6.00. The van der Waals surface area contributed by atoms with Gasteiger partial charge in [-0.1, -0.05) is 30.3 Å². The van der Waals surface area contributed by atoms with E-state index in [0.717, 1.165) is 5.56 Å². The molecule has 8 heteroatoms. The number of hydrogen-bond donors (Lipinski definition) is 3. The molecule has 0 saturated carbocycles. The molecular weight excluding hydrogens is 366 g/mol. The van der Waals surface area contributed by atoms with Crippen molar-refractivity contribution in [1.29, 1.82) is 0 Å². The van der Waals surface area contributed by atoms with E-state index >= 15 is 0 Å². The van der Waals surface area contributed by atoms with Crippen LogP contribution in [0.5, 0.6) is 5.75 Å². The van der Waals surface area contributed by atoms with Gasteiger partial charge in [0.25, 0.3) is 0 Å². The van der Waals surface area contributed by atoms with E-state index in [1.54, 1.807) is 6.07 Å². The number of carboxylic acids is 2. The summed E-state index contributed by atoms with van der Waals surface area (Å²) in [5.41, 5.74) is 1.75. The Balaban J connectivity index is 2.16. The van der Waals surface area contributed by atoms with Gasteiger partial charge >= 0.3 is 17.9 Å². The molecule has 0 saturated heterocycles. The number of carbonyl (C=O) groups is 3. The molecule has 0 heterocycles. The average Bonchev–Trinajstić information content (AvgIpc) is 2.69. The molecule has 28 heavy (non-hydrogen) atoms. The average molecular weight is 387 g/mol. The lowest BCUT2D eigenvalue weighted by Gasteiger charge is -2.14. The Labute approximate surface area is 161 Å². The molecule has 8 nitrogen and oxygen atoms in total. The predicted molar refractivity (Wildman–Crippen MR) is 99.1 cm³/mol. The number of hydrogen-bond acceptors (Lipinski definition) is 6. The van der Waals surface area contributed by atoms with Crippen LogP contribution in [0.15, 0.2) is 48.5 Å². The van der Waals surface area contributed by atoms with Crippen molar-refractivity contribution in [1.82, 2.24) is 5.32 Å². The fourth-order valence-corrected chi connectivity index (χ4v) is 2.49. The lowest BCUT2D eigenvalue weighted by atomic mass is 10.1. The summed E-state index contributed by atoms with van der Waals surface area (Å²) >= 11 is 0. The maximum absolute atomic E-state index is 11.9. The van der Waals surface area contributed by atoms with Crippen LogP contribution in [0.2, 0.25) is 0 Å². The Morgan fingerprint density at radius 1 is 1.04 bits per heavy atom. The van der Waals surface area contributed by atoms with Crippen molar-refractivity contribution in [3.8, 4) is 5.75 Å². The van der Waals surface area contributed by atoms with Gasteiger partial charge in [-0.05, 0) is 29.3 Å². The molecule has 0 radical (unpaired) electrons. The second-order valence-electron chi connectivity index (χ2n) is 6.00. The molecule has 148 valence electrons. The first-order chi connectivity index (χ1) is 13.4. The van der Waals surface area contributed by atoms with Crippen molar-refractivity contribution in [2.24, 2.45) is 0 Å². The smallest absolute Gasteiger partial charge is 0.337 e. The fourth-order valence-electron chi connectivity index (χ4n) is 2.49. The van der Waals surface area contributed by atoms with Gasteiger partial charge in [0, 0.05) is 6.54 Å². The highest BCUT2D eigenvalue weighted by molar-refractivity contribution is 5.90. The van der Waals surface area contributed by atoms with Gasteiger partial charge in [-0.15, -0.1) is 0 Å². The van der Waals surface area contributed by atoms with Gasteiger partial charge in [0.15, 0.2) is 0 Å². The number of aliphatic carboxylic acids is 2. The van der Waals surface area contributed by atoms with Crippen LogP contribution in [-0.4, -0.2) is 41.3 Å². The Morgan fingerprint density at radius 2 is 1.75 bits per heavy atom. The molecule has 0 aliphatic rings. The second kappa shape index (κ2) is 10.1. The molecule has 0 aromatic heterocycles. The highest BCUT2D eigenvalue weighted by Crippen LogP contribution is 2.20. The van der Waals surface area contributed by atoms with Gasteiger partial charge in [0.2, 0.25) is 0 Å². The van der Waals surface area contributed by atoms with Crippen molar-refractivity contribution < 1.29 is 34.1 Å². The maximum Gasteiger partial charge on any atom is 0.337 e. The van der Waals surface area contributed by atoms with E-state index in [9.17, 15) is 14.4 Å². The van der Waals surface area contributed by atoms with Crippen LogP contribution in [0.4, 0.5) is 0 Å². The van der Waals surface area contributed by atoms with Crippen molar-refractivity contribution in [3.63, 3.8) is 0 Å². The van der Waals surface area contributed by atoms with E-state index in [1.165, 1.54) is 19.2 Å². The molecule has 0 aliphatic carbocycles. The fraction of sp³-hybridized carbons (Fsp3) is 0.250. The number of ether oxygens (including phenoxy) is 2. The van der Waals surface area contributed by atoms with Gasteiger partial charge in [-0.2, -0.15) is 0 Å². The van der Waals surface area contributed by atoms with E-state index in [0.29, 0.717) is 11.3 Å². The van der Waals surface area contributed by atoms with Gasteiger partial charge in [-0.3, -0.25) is 14.9 Å². The van der Waals surface area contributed by atoms with Crippen LogP contribution in [0.25, 0.3) is 0 Å². The largest absolute Gasteiger partial charge is 0.489 e. The van der Waals surface area contributed by atoms with E-state index in [4.69, 9.17) is 19.7 Å². The van der Waals surface area contributed by atoms with E-state index in [2.05, 4.69) is 5.32 Å². The van der Waals surface area contributed by atoms with Crippen LogP contribution < -0.4 is 10.1 Å². The minimum Gasteiger partial charge on any atom is -0.489 e. The van der Waals surface area contributed by atoms with Gasteiger partial charge in [0.1, 0.15) is 18.4 Å². The molecule has 2 aromatic carbocycles. The number of carbonyl (C=O) groups excluding carboxylic acids is 1. The zero-order valence-electron chi connectivity index (χ0n) is 15.3. The lowest BCUT2D eigenvalue weighted by molar-refractivity contribution is -0.146. The lowest BCUT2D eigenvalue weighted by Crippen LogP contribution is -2.38. The topological polar surface area (TPSA) is 122 Å². The maximum atomic E-state index is 11.9. The van der Waals surface area contributed by atoms with Gasteiger partial charge in [-0.25, -0.2) is 4.79 Å². The quantitative estimate of drug-likeness (QED) is 0.530. The number of esters is 1. The highest BCUT2D eigenvalue weighted by atomic mass is 16.5. The summed E-state index contributed by atoms with van der Waals surface area (Å²) in [6.45, 7) is 0.325. The van der Waals surface area contributed by atoms with Gasteiger partial charge in [0.05, 0.1) is 19.1 Å². The van der Waals surface area contributed by atoms with Crippen molar-refractivity contribution in [2.75, 3.05) is 7.11 Å². The highest BCUT2D eigenvalue weighted by Gasteiger charge is 2.20. The normalized spacial score (nSPS) is 11.5. The molecule has 0 spiro atoms. The minimum atomic E-state index is -1.27. The third-order valence-corrected chi connectivity index (χ3v) is 3.87. The van der Waals surface area contributed by atoms with Gasteiger partial charge < -0.3 is 19.7 Å². The number of methoxy groups -OCH3 is 1. The third-order valence-electron chi connectivity index (χ3n) is 3.87. The van der Waals surface area contributed by atoms with Crippen molar-refractivity contribution in [3.05, 3.63) is 65.2 Å².